The number of fused-ring (bicyclic) bond motifs is 13. The summed E-state index contributed by atoms with van der Waals surface area (Å²) in [6, 6.07) is 52.0. The van der Waals surface area contributed by atoms with Gasteiger partial charge in [-0.25, -0.2) is 4.99 Å². The lowest BCUT2D eigenvalue weighted by molar-refractivity contribution is -0.790. The van der Waals surface area contributed by atoms with Gasteiger partial charge in [0.1, 0.15) is 18.0 Å². The molecular weight excluding hydrogens is 915 g/mol. The Morgan fingerprint density at radius 1 is 0.419 bits per heavy atom. The van der Waals surface area contributed by atoms with Crippen molar-refractivity contribution in [3.8, 4) is 12.1 Å². The predicted octanol–water partition coefficient (Wildman–Crippen LogP) is 12.0. The van der Waals surface area contributed by atoms with Crippen molar-refractivity contribution in [3.05, 3.63) is 201 Å². The topological polar surface area (TPSA) is 175 Å². The van der Waals surface area contributed by atoms with Gasteiger partial charge >= 0.3 is 5.91 Å². The Morgan fingerprint density at radius 3 is 1.15 bits per heavy atom. The first-order valence-electron chi connectivity index (χ1n) is 25.9. The number of nitriles is 2. The molecule has 7 aliphatic rings. The van der Waals surface area contributed by atoms with E-state index in [1.54, 1.807) is 24.3 Å². The van der Waals surface area contributed by atoms with Gasteiger partial charge in [-0.15, -0.1) is 9.15 Å². The molecule has 8 aromatic rings. The third-order valence-corrected chi connectivity index (χ3v) is 12.2. The number of hydrogen-bond donors (Lipinski definition) is 2. The average molecular weight is 978 g/mol. The summed E-state index contributed by atoms with van der Waals surface area (Å²) < 4.78 is 9.32. The maximum atomic E-state index is 8.45. The number of nitrogens with zero attached hydrogens (tertiary/aromatic N) is 11. The van der Waals surface area contributed by atoms with Crippen LogP contribution in [0, 0.1) is 28.1 Å². The van der Waals surface area contributed by atoms with Crippen LogP contribution in [0.3, 0.4) is 0 Å². The Morgan fingerprint density at radius 2 is 0.757 bits per heavy atom. The fourth-order valence-corrected chi connectivity index (χ4v) is 9.71. The minimum absolute atomic E-state index is 0.262. The van der Waals surface area contributed by atoms with Crippen molar-refractivity contribution in [1.82, 2.24) is 9.13 Å². The minimum atomic E-state index is -0.923. The molecule has 3 N–H and O–H groups in total. The summed E-state index contributed by atoms with van der Waals surface area (Å²) >= 11 is 0. The molecule has 13 nitrogen and oxygen atoms in total. The first-order valence-corrected chi connectivity index (χ1v) is 25.9. The largest absolute Gasteiger partial charge is 0.404 e. The summed E-state index contributed by atoms with van der Waals surface area (Å²) in [6.45, 7) is 24.0. The first-order chi connectivity index (χ1) is 36.5. The number of nitrogens with one attached hydrogen (secondary N) is 1. The maximum Gasteiger partial charge on any atom is 0.404 e. The Balaban J connectivity index is 0.000000201. The molecule has 0 unspecified atom stereocenters. The zero-order valence-corrected chi connectivity index (χ0v) is 44.4. The van der Waals surface area contributed by atoms with E-state index in [0.717, 1.165) is 101 Å². The second-order valence-corrected chi connectivity index (χ2v) is 15.3. The molecule has 0 bridgehead atoms. The van der Waals surface area contributed by atoms with E-state index in [4.69, 9.17) is 41.6 Å². The van der Waals surface area contributed by atoms with Crippen LogP contribution in [-0.2, 0) is 5.91 Å². The van der Waals surface area contributed by atoms with E-state index in [1.165, 1.54) is 0 Å². The van der Waals surface area contributed by atoms with Crippen LogP contribution in [-0.4, -0.2) is 53.3 Å². The highest BCUT2D eigenvalue weighted by atomic mass is 15.7. The Kier molecular flexibility index (Phi) is 16.0. The van der Waals surface area contributed by atoms with E-state index < -0.39 is 5.91 Å². The molecule has 7 aliphatic heterocycles. The molecular formula is C61H63N13+2. The molecule has 13 heteroatoms. The number of aliphatic imine (C=N–C) groups is 3. The molecule has 370 valence electrons. The van der Waals surface area contributed by atoms with E-state index in [0.29, 0.717) is 17.0 Å². The zero-order chi connectivity index (χ0) is 53.4. The van der Waals surface area contributed by atoms with Crippen molar-refractivity contribution >= 4 is 68.2 Å². The van der Waals surface area contributed by atoms with E-state index >= 15 is 0 Å². The van der Waals surface area contributed by atoms with E-state index in [1.807, 2.05) is 119 Å². The highest BCUT2D eigenvalue weighted by molar-refractivity contribution is 6.21. The highest BCUT2D eigenvalue weighted by Gasteiger charge is 2.69. The third-order valence-electron chi connectivity index (χ3n) is 12.2. The molecule has 1 spiro atoms. The predicted molar refractivity (Wildman–Crippen MR) is 302 cm³/mol. The standard InChI is InChI=1S/C33H16N8.C8H7N3.C8H4N2.6C2H6/c1-2-10-18-17(9-1)25-34-27-19-11-3-4-12-20(19)29-36-31-23-15-7-8-16-24(23)32-37-30-22-14-6-5-13-21(22)28-35-26(18)38(25)33(39(27)29,40(28)30)41(31)32;9-7-5-3-1-2-4-6(5)8(10)11-7;9-5-7-3-1-2-4-8(7)6-10;6*1-2/h1-16H;1-4H,(H3,9,10,11);1-4H;6*1-2H3/q+2;;;;;;;;. The van der Waals surface area contributed by atoms with Crippen LogP contribution in [0.4, 0.5) is 11.6 Å². The molecule has 15 rings (SSSR count). The van der Waals surface area contributed by atoms with Gasteiger partial charge in [0.25, 0.3) is 23.3 Å². The van der Waals surface area contributed by atoms with Crippen LogP contribution >= 0.6 is 0 Å². The molecule has 0 atom stereocenters. The van der Waals surface area contributed by atoms with Crippen LogP contribution in [0.25, 0.3) is 21.5 Å². The molecule has 0 saturated carbocycles. The molecule has 0 saturated heterocycles. The molecule has 74 heavy (non-hydrogen) atoms. The SMILES string of the molecule is CC.CC.CC.CC.CC.CC.N#Cc1ccccc1C#N.N=C1N=C(N)c2ccccc21.c1ccc2c(c1)C1=Nc3c4ccccc4c4n3C35n6c(c7ccccc7c6=NC6=[N+]3C(=N4)c3ccccc36)=NC2=[N+]15. The Labute approximate surface area is 433 Å². The van der Waals surface area contributed by atoms with Gasteiger partial charge in [-0.3, -0.25) is 5.41 Å². The normalized spacial score (nSPS) is 13.9. The van der Waals surface area contributed by atoms with Crippen molar-refractivity contribution in [1.29, 1.82) is 15.9 Å². The van der Waals surface area contributed by atoms with Gasteiger partial charge in [0.2, 0.25) is 22.6 Å². The second-order valence-electron chi connectivity index (χ2n) is 15.3. The number of rotatable bonds is 0. The zero-order valence-electron chi connectivity index (χ0n) is 44.4. The minimum Gasteiger partial charge on any atom is -0.383 e. The number of hydrogen-bond acceptors (Lipinski definition) is 8. The van der Waals surface area contributed by atoms with Gasteiger partial charge in [-0.2, -0.15) is 19.7 Å². The number of nitrogens with two attached hydrogens (primary N) is 1. The third kappa shape index (κ3) is 7.67. The first kappa shape index (κ1) is 52.6. The van der Waals surface area contributed by atoms with Gasteiger partial charge < -0.3 is 5.73 Å². The summed E-state index contributed by atoms with van der Waals surface area (Å²) in [4.78, 5) is 25.5. The summed E-state index contributed by atoms with van der Waals surface area (Å²) in [6.07, 6.45) is 0. The van der Waals surface area contributed by atoms with Crippen LogP contribution in [0.15, 0.2) is 171 Å². The molecule has 0 radical (unpaired) electrons. The van der Waals surface area contributed by atoms with Gasteiger partial charge in [0.15, 0.2) is 5.84 Å². The van der Waals surface area contributed by atoms with Gasteiger partial charge in [-0.05, 0) is 60.7 Å². The van der Waals surface area contributed by atoms with Crippen molar-refractivity contribution in [2.24, 2.45) is 30.7 Å². The fourth-order valence-electron chi connectivity index (χ4n) is 9.71. The monoisotopic (exact) mass is 978 g/mol. The van der Waals surface area contributed by atoms with Crippen molar-refractivity contribution < 1.29 is 9.15 Å². The number of aromatic nitrogens is 2. The number of amidine groups is 6. The lowest BCUT2D eigenvalue weighted by Crippen LogP contribution is -2.71. The Hall–Kier alpha value is -9.20. The van der Waals surface area contributed by atoms with Crippen molar-refractivity contribution in [3.63, 3.8) is 0 Å². The molecule has 9 heterocycles. The van der Waals surface area contributed by atoms with Gasteiger partial charge in [-0.1, -0.05) is 188 Å². The van der Waals surface area contributed by atoms with Crippen LogP contribution in [0.2, 0.25) is 0 Å². The quantitative estimate of drug-likeness (QED) is 0.144. The van der Waals surface area contributed by atoms with Crippen LogP contribution < -0.4 is 16.7 Å². The van der Waals surface area contributed by atoms with Crippen molar-refractivity contribution in [2.75, 3.05) is 0 Å². The van der Waals surface area contributed by atoms with Gasteiger partial charge in [0.05, 0.1) is 33.4 Å². The molecule has 0 amide bonds. The fraction of sp³-hybridized carbons (Fsp3) is 0.213. The van der Waals surface area contributed by atoms with E-state index in [2.05, 4.69) is 120 Å². The molecule has 0 aliphatic carbocycles. The van der Waals surface area contributed by atoms with Gasteiger partial charge in [0, 0.05) is 32.7 Å². The molecule has 2 aromatic heterocycles. The average Bonchev–Trinajstić information content (AvgIpc) is 4.28. The summed E-state index contributed by atoms with van der Waals surface area (Å²) in [5, 5.41) is 28.6. The van der Waals surface area contributed by atoms with Crippen LogP contribution in [0.1, 0.15) is 128 Å². The lowest BCUT2D eigenvalue weighted by Gasteiger charge is -2.40. The van der Waals surface area contributed by atoms with E-state index in [9.17, 15) is 0 Å². The number of benzene rings is 6. The molecule has 6 aromatic carbocycles. The van der Waals surface area contributed by atoms with E-state index in [-0.39, 0.29) is 5.84 Å². The summed E-state index contributed by atoms with van der Waals surface area (Å²) in [7, 11) is 0. The Bertz CT molecular complexity index is 3670. The highest BCUT2D eigenvalue weighted by Crippen LogP contribution is 2.52. The lowest BCUT2D eigenvalue weighted by atomic mass is 10.1. The smallest absolute Gasteiger partial charge is 0.383 e. The maximum absolute atomic E-state index is 8.45. The second kappa shape index (κ2) is 22.5. The van der Waals surface area contributed by atoms with Crippen LogP contribution in [0.5, 0.6) is 0 Å². The molecule has 0 fully saturated rings. The van der Waals surface area contributed by atoms with Crippen molar-refractivity contribution in [2.45, 2.75) is 89.0 Å². The summed E-state index contributed by atoms with van der Waals surface area (Å²) in [5.74, 6) is 5.17. The summed E-state index contributed by atoms with van der Waals surface area (Å²) in [5.41, 5.74) is 14.2.